The first-order chi connectivity index (χ1) is 17.4. The van der Waals surface area contributed by atoms with Crippen LogP contribution in [0.2, 0.25) is 0 Å². The largest absolute Gasteiger partial charge is 0.487 e. The van der Waals surface area contributed by atoms with Crippen molar-refractivity contribution in [3.8, 4) is 5.75 Å². The van der Waals surface area contributed by atoms with Crippen LogP contribution in [-0.4, -0.2) is 43.3 Å². The summed E-state index contributed by atoms with van der Waals surface area (Å²) in [5.74, 6) is 0.787. The maximum Gasteiger partial charge on any atom is 0.365 e. The molecular weight excluding hydrogens is 446 g/mol. The molecule has 0 heterocycles. The van der Waals surface area contributed by atoms with Gasteiger partial charge in [0, 0.05) is 12.0 Å². The first kappa shape index (κ1) is 29.9. The van der Waals surface area contributed by atoms with Gasteiger partial charge in [-0.2, -0.15) is 0 Å². The fourth-order valence-electron chi connectivity index (χ4n) is 4.89. The number of nitrogens with zero attached hydrogens (tertiary/aromatic N) is 1. The number of likely N-dealkylation sites (N-methyl/N-ethyl adjacent to an activating group) is 1. The molecule has 0 fully saturated rings. The Morgan fingerprint density at radius 3 is 2.11 bits per heavy atom. The van der Waals surface area contributed by atoms with E-state index in [0.29, 0.717) is 4.48 Å². The Morgan fingerprint density at radius 2 is 1.44 bits per heavy atom. The van der Waals surface area contributed by atoms with Crippen LogP contribution in [0.4, 0.5) is 0 Å². The molecule has 0 aromatic heterocycles. The minimum atomic E-state index is -0.215. The quantitative estimate of drug-likeness (QED) is 0.120. The zero-order chi connectivity index (χ0) is 26.2. The Balaban J connectivity index is 1.88. The van der Waals surface area contributed by atoms with Gasteiger partial charge in [-0.15, -0.1) is 0 Å². The van der Waals surface area contributed by atoms with Gasteiger partial charge in [0.2, 0.25) is 0 Å². The lowest BCUT2D eigenvalue weighted by Crippen LogP contribution is -2.52. The van der Waals surface area contributed by atoms with Crippen molar-refractivity contribution in [3.63, 3.8) is 0 Å². The van der Waals surface area contributed by atoms with Crippen LogP contribution in [0, 0.1) is 0 Å². The average Bonchev–Trinajstić information content (AvgIpc) is 2.87. The van der Waals surface area contributed by atoms with Gasteiger partial charge in [-0.1, -0.05) is 108 Å². The third-order valence-electron chi connectivity index (χ3n) is 7.12. The highest BCUT2D eigenvalue weighted by Crippen LogP contribution is 2.24. The van der Waals surface area contributed by atoms with Crippen LogP contribution in [0.15, 0.2) is 54.6 Å². The van der Waals surface area contributed by atoms with Gasteiger partial charge >= 0.3 is 5.97 Å². The number of rotatable bonds is 18. The summed E-state index contributed by atoms with van der Waals surface area (Å²) in [6.45, 7) is 7.47. The molecule has 0 aliphatic rings. The average molecular weight is 497 g/mol. The summed E-state index contributed by atoms with van der Waals surface area (Å²) in [5.41, 5.74) is 2.48. The summed E-state index contributed by atoms with van der Waals surface area (Å²) in [6.07, 6.45) is 11.5. The Kier molecular flexibility index (Phi) is 13.6. The number of unbranched alkanes of at least 4 members (excludes halogenated alkanes) is 6. The van der Waals surface area contributed by atoms with Gasteiger partial charge in [0.05, 0.1) is 14.1 Å². The van der Waals surface area contributed by atoms with Crippen molar-refractivity contribution in [2.45, 2.75) is 104 Å². The van der Waals surface area contributed by atoms with Crippen LogP contribution in [0.1, 0.15) is 89.7 Å². The van der Waals surface area contributed by atoms with Crippen LogP contribution in [0.25, 0.3) is 0 Å². The normalized spacial score (nSPS) is 13.2. The molecule has 4 nitrogen and oxygen atoms in total. The number of ether oxygens (including phenoxy) is 2. The van der Waals surface area contributed by atoms with Crippen LogP contribution >= 0.6 is 0 Å². The van der Waals surface area contributed by atoms with E-state index in [1.807, 2.05) is 24.3 Å². The predicted octanol–water partition coefficient (Wildman–Crippen LogP) is 7.74. The molecule has 4 heteroatoms. The highest BCUT2D eigenvalue weighted by Gasteiger charge is 2.35. The Labute approximate surface area is 220 Å². The lowest BCUT2D eigenvalue weighted by molar-refractivity contribution is -0.919. The van der Waals surface area contributed by atoms with E-state index in [-0.39, 0.29) is 24.7 Å². The van der Waals surface area contributed by atoms with Crippen LogP contribution in [-0.2, 0) is 22.5 Å². The molecule has 0 radical (unpaired) electrons. The number of esters is 1. The molecule has 200 valence electrons. The summed E-state index contributed by atoms with van der Waals surface area (Å²) in [5, 5.41) is 0. The minimum Gasteiger partial charge on any atom is -0.487 e. The summed E-state index contributed by atoms with van der Waals surface area (Å²) in [4.78, 5) is 13.1. The van der Waals surface area contributed by atoms with E-state index in [0.717, 1.165) is 31.6 Å². The number of carbonyl (C=O) groups excluding carboxylic acids is 1. The zero-order valence-corrected chi connectivity index (χ0v) is 23.5. The number of quaternary nitrogens is 1. The van der Waals surface area contributed by atoms with E-state index in [1.54, 1.807) is 0 Å². The molecule has 0 spiro atoms. The van der Waals surface area contributed by atoms with E-state index in [2.05, 4.69) is 65.2 Å². The number of benzene rings is 2. The Bertz CT molecular complexity index is 865. The first-order valence-electron chi connectivity index (χ1n) is 14.2. The van der Waals surface area contributed by atoms with Gasteiger partial charge in [0.25, 0.3) is 0 Å². The number of carbonyl (C=O) groups is 1. The van der Waals surface area contributed by atoms with Crippen molar-refractivity contribution in [1.29, 1.82) is 0 Å². The van der Waals surface area contributed by atoms with Gasteiger partial charge in [-0.05, 0) is 30.9 Å². The first-order valence-corrected chi connectivity index (χ1v) is 14.2. The standard InChI is InChI=1S/C32H50NO3/c1-6-9-10-11-12-13-17-22-28-23-18-19-24-31(28)36-29(7-2)26-35-32(34)30(8-3)33(4,5)25-27-20-15-14-16-21-27/h14-16,18-21,23-24,29-30H,6-13,17,22,25-26H2,1-5H3/q+1. The molecule has 2 aromatic carbocycles. The highest BCUT2D eigenvalue weighted by molar-refractivity contribution is 5.74. The Morgan fingerprint density at radius 1 is 0.806 bits per heavy atom. The number of para-hydroxylation sites is 1. The molecule has 2 rings (SSSR count). The van der Waals surface area contributed by atoms with Crippen molar-refractivity contribution in [2.24, 2.45) is 0 Å². The lowest BCUT2D eigenvalue weighted by atomic mass is 10.0. The van der Waals surface area contributed by atoms with Crippen molar-refractivity contribution in [1.82, 2.24) is 0 Å². The maximum atomic E-state index is 13.1. The number of aryl methyl sites for hydroxylation is 1. The van der Waals surface area contributed by atoms with Crippen LogP contribution in [0.3, 0.4) is 0 Å². The second-order valence-electron chi connectivity index (χ2n) is 10.6. The summed E-state index contributed by atoms with van der Waals surface area (Å²) >= 11 is 0. The summed E-state index contributed by atoms with van der Waals surface area (Å²) in [6, 6.07) is 18.5. The van der Waals surface area contributed by atoms with Gasteiger partial charge < -0.3 is 14.0 Å². The van der Waals surface area contributed by atoms with Gasteiger partial charge in [-0.3, -0.25) is 0 Å². The van der Waals surface area contributed by atoms with E-state index in [1.165, 1.54) is 56.1 Å². The van der Waals surface area contributed by atoms with Crippen LogP contribution in [0.5, 0.6) is 5.75 Å². The van der Waals surface area contributed by atoms with Crippen LogP contribution < -0.4 is 4.74 Å². The lowest BCUT2D eigenvalue weighted by Gasteiger charge is -2.36. The van der Waals surface area contributed by atoms with Crippen molar-refractivity contribution in [2.75, 3.05) is 20.7 Å². The molecule has 0 saturated heterocycles. The predicted molar refractivity (Wildman–Crippen MR) is 150 cm³/mol. The monoisotopic (exact) mass is 496 g/mol. The molecule has 2 unspecified atom stereocenters. The van der Waals surface area contributed by atoms with E-state index >= 15 is 0 Å². The third kappa shape index (κ3) is 10.3. The maximum absolute atomic E-state index is 13.1. The fraction of sp³-hybridized carbons (Fsp3) is 0.594. The molecule has 0 aliphatic carbocycles. The highest BCUT2D eigenvalue weighted by atomic mass is 16.6. The summed E-state index contributed by atoms with van der Waals surface area (Å²) in [7, 11) is 4.21. The molecule has 2 aromatic rings. The fourth-order valence-corrected chi connectivity index (χ4v) is 4.89. The van der Waals surface area contributed by atoms with Gasteiger partial charge in [0.1, 0.15) is 25.0 Å². The smallest absolute Gasteiger partial charge is 0.365 e. The van der Waals surface area contributed by atoms with E-state index in [4.69, 9.17) is 9.47 Å². The number of hydrogen-bond acceptors (Lipinski definition) is 3. The molecule has 0 N–H and O–H groups in total. The third-order valence-corrected chi connectivity index (χ3v) is 7.12. The topological polar surface area (TPSA) is 35.5 Å². The molecule has 0 amide bonds. The zero-order valence-electron chi connectivity index (χ0n) is 23.5. The summed E-state index contributed by atoms with van der Waals surface area (Å²) < 4.78 is 12.8. The van der Waals surface area contributed by atoms with Gasteiger partial charge in [-0.25, -0.2) is 4.79 Å². The van der Waals surface area contributed by atoms with E-state index < -0.39 is 0 Å². The molecular formula is C32H50NO3+. The molecule has 36 heavy (non-hydrogen) atoms. The van der Waals surface area contributed by atoms with Crippen molar-refractivity contribution >= 4 is 5.97 Å². The Hall–Kier alpha value is -2.33. The molecule has 0 saturated carbocycles. The molecule has 2 atom stereocenters. The molecule has 0 bridgehead atoms. The van der Waals surface area contributed by atoms with E-state index in [9.17, 15) is 4.79 Å². The number of hydrogen-bond donors (Lipinski definition) is 0. The second-order valence-corrected chi connectivity index (χ2v) is 10.6. The van der Waals surface area contributed by atoms with Crippen molar-refractivity contribution < 1.29 is 18.8 Å². The minimum absolute atomic E-state index is 0.142. The SMILES string of the molecule is CCCCCCCCCc1ccccc1OC(CC)COC(=O)C(CC)[N+](C)(C)Cc1ccccc1. The second kappa shape index (κ2) is 16.4. The van der Waals surface area contributed by atoms with Gasteiger partial charge in [0.15, 0.2) is 6.04 Å². The van der Waals surface area contributed by atoms with Crippen molar-refractivity contribution in [3.05, 3.63) is 65.7 Å². The molecule has 0 aliphatic heterocycles.